The van der Waals surface area contributed by atoms with Crippen molar-refractivity contribution in [3.05, 3.63) is 29.8 Å². The summed E-state index contributed by atoms with van der Waals surface area (Å²) < 4.78 is 10.1. The highest BCUT2D eigenvalue weighted by atomic mass is 16.6. The van der Waals surface area contributed by atoms with E-state index in [0.717, 1.165) is 6.08 Å². The van der Waals surface area contributed by atoms with Crippen molar-refractivity contribution in [1.29, 1.82) is 0 Å². The van der Waals surface area contributed by atoms with Crippen LogP contribution in [0.5, 0.6) is 11.5 Å². The summed E-state index contributed by atoms with van der Waals surface area (Å²) in [5, 5.41) is 38.5. The van der Waals surface area contributed by atoms with E-state index < -0.39 is 35.9 Å². The first-order valence-corrected chi connectivity index (χ1v) is 7.31. The number of rotatable bonds is 3. The maximum atomic E-state index is 11.9. The predicted octanol–water partition coefficient (Wildman–Crippen LogP) is -0.166. The van der Waals surface area contributed by atoms with Crippen molar-refractivity contribution < 1.29 is 39.5 Å². The summed E-state index contributed by atoms with van der Waals surface area (Å²) in [6.45, 7) is 0. The third-order valence-electron chi connectivity index (χ3n) is 4.13. The first kappa shape index (κ1) is 16.3. The molecule has 4 N–H and O–H groups in total. The summed E-state index contributed by atoms with van der Waals surface area (Å²) in [7, 11) is 0. The van der Waals surface area contributed by atoms with E-state index in [1.807, 2.05) is 0 Å². The highest BCUT2D eigenvalue weighted by molar-refractivity contribution is 5.87. The molecule has 8 heteroatoms. The van der Waals surface area contributed by atoms with Crippen LogP contribution in [0.4, 0.5) is 0 Å². The van der Waals surface area contributed by atoms with Gasteiger partial charge >= 0.3 is 11.9 Å². The fourth-order valence-electron chi connectivity index (χ4n) is 2.90. The Hall–Kier alpha value is -2.58. The molecule has 0 spiro atoms. The molecule has 1 aliphatic heterocycles. The van der Waals surface area contributed by atoms with E-state index in [9.17, 15) is 30.0 Å². The molecule has 0 radical (unpaired) electrons. The highest BCUT2D eigenvalue weighted by Gasteiger charge is 2.58. The lowest BCUT2D eigenvalue weighted by atomic mass is 9.82. The second-order valence-corrected chi connectivity index (χ2v) is 5.93. The van der Waals surface area contributed by atoms with Crippen LogP contribution < -0.4 is 0 Å². The van der Waals surface area contributed by atoms with Crippen LogP contribution in [0, 0.1) is 0 Å². The van der Waals surface area contributed by atoms with Crippen molar-refractivity contribution in [2.24, 2.45) is 0 Å². The molecule has 1 aromatic carbocycles. The van der Waals surface area contributed by atoms with Gasteiger partial charge in [0, 0.05) is 18.9 Å². The molecule has 1 saturated carbocycles. The maximum Gasteiger partial charge on any atom is 0.338 e. The number of hydrogen-bond donors (Lipinski definition) is 4. The monoisotopic (exact) mass is 336 g/mol. The molecule has 0 amide bonds. The van der Waals surface area contributed by atoms with Crippen LogP contribution in [0.25, 0.3) is 6.08 Å². The smallest absolute Gasteiger partial charge is 0.338 e. The standard InChI is InChI=1S/C16H16O8/c17-9-3-1-8(5-10(9)18)2-4-13(20)24-14-11(19)6-16(22)7-12(14)23-15(16)21/h1-5,11-12,14,17-19,22H,6-7H2/b4-2+/t11-,12-,14-,16+/m1/s1. The molecule has 0 unspecified atom stereocenters. The van der Waals surface area contributed by atoms with Crippen LogP contribution in [0.1, 0.15) is 18.4 Å². The zero-order chi connectivity index (χ0) is 17.5. The molecule has 0 aromatic heterocycles. The number of aliphatic hydroxyl groups excluding tert-OH is 1. The number of aliphatic hydroxyl groups is 2. The summed E-state index contributed by atoms with van der Waals surface area (Å²) >= 11 is 0. The fraction of sp³-hybridized carbons (Fsp3) is 0.375. The minimum Gasteiger partial charge on any atom is -0.504 e. The summed E-state index contributed by atoms with van der Waals surface area (Å²) in [4.78, 5) is 23.4. The SMILES string of the molecule is O=C(/C=C/c1ccc(O)c(O)c1)O[C@@H]1[C@H](O)C[C@]2(O)C[C@H]1OC2=O. The molecule has 1 saturated heterocycles. The molecule has 2 aliphatic rings. The number of esters is 2. The molecule has 1 aromatic rings. The molecule has 3 rings (SSSR count). The zero-order valence-corrected chi connectivity index (χ0v) is 12.5. The molecule has 2 fully saturated rings. The van der Waals surface area contributed by atoms with Gasteiger partial charge in [0.05, 0.1) is 6.10 Å². The first-order chi connectivity index (χ1) is 11.3. The van der Waals surface area contributed by atoms with Crippen LogP contribution in [0.3, 0.4) is 0 Å². The van der Waals surface area contributed by atoms with Gasteiger partial charge in [-0.2, -0.15) is 0 Å². The normalized spacial score (nSPS) is 31.9. The quantitative estimate of drug-likeness (QED) is 0.340. The number of phenolic OH excluding ortho intramolecular Hbond substituents is 2. The molecule has 8 nitrogen and oxygen atoms in total. The van der Waals surface area contributed by atoms with E-state index in [4.69, 9.17) is 9.47 Å². The molecular weight excluding hydrogens is 320 g/mol. The van der Waals surface area contributed by atoms with Crippen LogP contribution >= 0.6 is 0 Å². The van der Waals surface area contributed by atoms with Crippen LogP contribution in [-0.4, -0.2) is 56.3 Å². The van der Waals surface area contributed by atoms with Crippen LogP contribution in [0.2, 0.25) is 0 Å². The lowest BCUT2D eigenvalue weighted by Crippen LogP contribution is -2.50. The largest absolute Gasteiger partial charge is 0.504 e. The van der Waals surface area contributed by atoms with E-state index in [1.54, 1.807) is 0 Å². The Kier molecular flexibility index (Phi) is 3.94. The van der Waals surface area contributed by atoms with Crippen molar-refractivity contribution in [2.75, 3.05) is 0 Å². The molecule has 128 valence electrons. The summed E-state index contributed by atoms with van der Waals surface area (Å²) in [6.07, 6.45) is -1.01. The van der Waals surface area contributed by atoms with E-state index in [-0.39, 0.29) is 24.3 Å². The van der Waals surface area contributed by atoms with E-state index in [2.05, 4.69) is 0 Å². The van der Waals surface area contributed by atoms with Gasteiger partial charge < -0.3 is 29.9 Å². The van der Waals surface area contributed by atoms with Gasteiger partial charge in [-0.25, -0.2) is 9.59 Å². The van der Waals surface area contributed by atoms with Gasteiger partial charge in [-0.15, -0.1) is 0 Å². The van der Waals surface area contributed by atoms with Crippen molar-refractivity contribution in [1.82, 2.24) is 0 Å². The minimum atomic E-state index is -1.72. The Morgan fingerprint density at radius 3 is 2.75 bits per heavy atom. The third kappa shape index (κ3) is 2.93. The van der Waals surface area contributed by atoms with Gasteiger partial charge in [0.25, 0.3) is 0 Å². The second kappa shape index (κ2) is 5.81. The highest BCUT2D eigenvalue weighted by Crippen LogP contribution is 2.39. The average molecular weight is 336 g/mol. The summed E-state index contributed by atoms with van der Waals surface area (Å²) in [5.41, 5.74) is -1.26. The second-order valence-electron chi connectivity index (χ2n) is 5.93. The fourth-order valence-corrected chi connectivity index (χ4v) is 2.90. The number of aromatic hydroxyl groups is 2. The lowest BCUT2D eigenvalue weighted by molar-refractivity contribution is -0.165. The van der Waals surface area contributed by atoms with Crippen molar-refractivity contribution >= 4 is 18.0 Å². The Bertz CT molecular complexity index is 712. The van der Waals surface area contributed by atoms with Crippen LogP contribution in [0.15, 0.2) is 24.3 Å². The summed E-state index contributed by atoms with van der Waals surface area (Å²) in [5.74, 6) is -2.21. The predicted molar refractivity (Wildman–Crippen MR) is 78.8 cm³/mol. The van der Waals surface area contributed by atoms with Gasteiger partial charge in [0.2, 0.25) is 0 Å². The number of ether oxygens (including phenoxy) is 2. The third-order valence-corrected chi connectivity index (χ3v) is 4.13. The number of carbonyl (C=O) groups is 2. The maximum absolute atomic E-state index is 11.9. The van der Waals surface area contributed by atoms with Gasteiger partial charge in [0.1, 0.15) is 6.10 Å². The number of fused-ring (bicyclic) bond motifs is 2. The summed E-state index contributed by atoms with van der Waals surface area (Å²) in [6, 6.07) is 4.00. The Morgan fingerprint density at radius 2 is 2.04 bits per heavy atom. The van der Waals surface area contributed by atoms with Crippen molar-refractivity contribution in [3.8, 4) is 11.5 Å². The molecule has 24 heavy (non-hydrogen) atoms. The number of carbonyl (C=O) groups excluding carboxylic acids is 2. The minimum absolute atomic E-state index is 0.0314. The molecule has 2 bridgehead atoms. The van der Waals surface area contributed by atoms with Crippen LogP contribution in [-0.2, 0) is 19.1 Å². The number of phenols is 2. The van der Waals surface area contributed by atoms with Crippen molar-refractivity contribution in [3.63, 3.8) is 0 Å². The topological polar surface area (TPSA) is 134 Å². The molecule has 1 aliphatic carbocycles. The zero-order valence-electron chi connectivity index (χ0n) is 12.5. The number of benzene rings is 1. The Labute approximate surface area is 136 Å². The number of hydrogen-bond acceptors (Lipinski definition) is 8. The van der Waals surface area contributed by atoms with E-state index in [1.165, 1.54) is 24.3 Å². The van der Waals surface area contributed by atoms with Gasteiger partial charge in [0.15, 0.2) is 23.2 Å². The van der Waals surface area contributed by atoms with Crippen molar-refractivity contribution in [2.45, 2.75) is 36.8 Å². The molecule has 1 heterocycles. The van der Waals surface area contributed by atoms with Gasteiger partial charge in [-0.3, -0.25) is 0 Å². The Morgan fingerprint density at radius 1 is 1.29 bits per heavy atom. The Balaban J connectivity index is 1.65. The first-order valence-electron chi connectivity index (χ1n) is 7.31. The molecule has 4 atom stereocenters. The molecular formula is C16H16O8. The van der Waals surface area contributed by atoms with Gasteiger partial charge in [-0.1, -0.05) is 6.07 Å². The average Bonchev–Trinajstić information content (AvgIpc) is 2.76. The lowest BCUT2D eigenvalue weighted by Gasteiger charge is -2.32. The van der Waals surface area contributed by atoms with E-state index in [0.29, 0.717) is 5.56 Å². The van der Waals surface area contributed by atoms with Gasteiger partial charge in [-0.05, 0) is 23.8 Å². The van der Waals surface area contributed by atoms with E-state index >= 15 is 0 Å².